The van der Waals surface area contributed by atoms with Gasteiger partial charge in [-0.3, -0.25) is 4.57 Å². The molecule has 0 unspecified atom stereocenters. The molecule has 0 fully saturated rings. The van der Waals surface area contributed by atoms with Crippen LogP contribution in [-0.2, 0) is 0 Å². The van der Waals surface area contributed by atoms with Crippen molar-refractivity contribution >= 4 is 34.9 Å². The van der Waals surface area contributed by atoms with Gasteiger partial charge in [0, 0.05) is 17.4 Å². The van der Waals surface area contributed by atoms with E-state index in [1.54, 1.807) is 24.3 Å². The lowest BCUT2D eigenvalue weighted by atomic mass is 10.3. The van der Waals surface area contributed by atoms with Crippen molar-refractivity contribution < 1.29 is 0 Å². The predicted molar refractivity (Wildman–Crippen MR) is 74.6 cm³/mol. The van der Waals surface area contributed by atoms with Crippen LogP contribution < -0.4 is 0 Å². The minimum absolute atomic E-state index is 0.720. The fraction of sp³-hybridized carbons (Fsp3) is 0.167. The van der Waals surface area contributed by atoms with Crippen LogP contribution in [0.3, 0.4) is 0 Å². The lowest BCUT2D eigenvalue weighted by molar-refractivity contribution is 1.11. The quantitative estimate of drug-likeness (QED) is 0.628. The summed E-state index contributed by atoms with van der Waals surface area (Å²) in [6.07, 6.45) is 7.45. The van der Waals surface area contributed by atoms with Crippen LogP contribution in [0.5, 0.6) is 0 Å². The van der Waals surface area contributed by atoms with Crippen molar-refractivity contribution in [3.05, 3.63) is 48.0 Å². The maximum atomic E-state index is 5.84. The Morgan fingerprint density at radius 2 is 2.18 bits per heavy atom. The third-order valence-corrected chi connectivity index (χ3v) is 2.96. The molecule has 2 aromatic rings. The summed E-state index contributed by atoms with van der Waals surface area (Å²) in [7, 11) is 0. The third-order valence-electron chi connectivity index (χ3n) is 2.16. The number of halogens is 1. The van der Waals surface area contributed by atoms with Crippen LogP contribution in [0.25, 0.3) is 0 Å². The highest BCUT2D eigenvalue weighted by molar-refractivity contribution is 7.99. The van der Waals surface area contributed by atoms with Gasteiger partial charge in [0.15, 0.2) is 0 Å². The molecule has 1 aromatic heterocycles. The van der Waals surface area contributed by atoms with Gasteiger partial charge < -0.3 is 0 Å². The first-order valence-electron chi connectivity index (χ1n) is 5.10. The van der Waals surface area contributed by atoms with Gasteiger partial charge in [-0.15, -0.1) is 0 Å². The van der Waals surface area contributed by atoms with Gasteiger partial charge >= 0.3 is 0 Å². The molecule has 5 heteroatoms. The number of hydrogen-bond donors (Lipinski definition) is 0. The van der Waals surface area contributed by atoms with Gasteiger partial charge in [0.05, 0.1) is 11.4 Å². The number of thioether (sulfide) groups is 1. The first-order valence-corrected chi connectivity index (χ1v) is 6.87. The third kappa shape index (κ3) is 3.35. The molecule has 17 heavy (non-hydrogen) atoms. The molecule has 0 amide bonds. The van der Waals surface area contributed by atoms with E-state index in [9.17, 15) is 0 Å². The molecule has 0 saturated carbocycles. The van der Waals surface area contributed by atoms with E-state index in [-0.39, 0.29) is 0 Å². The SMILES string of the molecule is CSCC(=Nc1ccc(Cl)cc1)n1ccnc1. The Bertz CT molecular complexity index is 491. The van der Waals surface area contributed by atoms with Crippen LogP contribution in [0, 0.1) is 0 Å². The highest BCUT2D eigenvalue weighted by Gasteiger charge is 2.01. The molecule has 3 nitrogen and oxygen atoms in total. The van der Waals surface area contributed by atoms with E-state index >= 15 is 0 Å². The van der Waals surface area contributed by atoms with Crippen LogP contribution in [0.15, 0.2) is 48.0 Å². The second-order valence-corrected chi connectivity index (χ2v) is 4.71. The van der Waals surface area contributed by atoms with E-state index in [4.69, 9.17) is 11.6 Å². The Labute approximate surface area is 110 Å². The fourth-order valence-electron chi connectivity index (χ4n) is 1.37. The number of aromatic nitrogens is 2. The molecule has 0 radical (unpaired) electrons. The van der Waals surface area contributed by atoms with Crippen molar-refractivity contribution in [2.45, 2.75) is 0 Å². The fourth-order valence-corrected chi connectivity index (χ4v) is 1.97. The van der Waals surface area contributed by atoms with Gasteiger partial charge in [-0.1, -0.05) is 11.6 Å². The van der Waals surface area contributed by atoms with Gasteiger partial charge in [0.2, 0.25) is 0 Å². The lowest BCUT2D eigenvalue weighted by Gasteiger charge is -2.05. The Morgan fingerprint density at radius 3 is 2.76 bits per heavy atom. The van der Waals surface area contributed by atoms with E-state index in [2.05, 4.69) is 9.98 Å². The van der Waals surface area contributed by atoms with Gasteiger partial charge in [0.1, 0.15) is 12.2 Å². The molecule has 0 saturated heterocycles. The van der Waals surface area contributed by atoms with Crippen molar-refractivity contribution in [1.29, 1.82) is 0 Å². The molecule has 1 heterocycles. The second-order valence-electron chi connectivity index (χ2n) is 3.41. The Hall–Kier alpha value is -1.26. The van der Waals surface area contributed by atoms with Crippen LogP contribution in [0.4, 0.5) is 5.69 Å². The average molecular weight is 266 g/mol. The van der Waals surface area contributed by atoms with Crippen molar-refractivity contribution in [3.63, 3.8) is 0 Å². The molecule has 0 aliphatic rings. The lowest BCUT2D eigenvalue weighted by Crippen LogP contribution is -2.12. The normalized spacial score (nSPS) is 11.8. The van der Waals surface area contributed by atoms with E-state index in [0.717, 1.165) is 22.3 Å². The highest BCUT2D eigenvalue weighted by Crippen LogP contribution is 2.17. The monoisotopic (exact) mass is 265 g/mol. The average Bonchev–Trinajstić information content (AvgIpc) is 2.85. The minimum atomic E-state index is 0.720. The van der Waals surface area contributed by atoms with Gasteiger partial charge in [-0.2, -0.15) is 11.8 Å². The van der Waals surface area contributed by atoms with E-state index < -0.39 is 0 Å². The smallest absolute Gasteiger partial charge is 0.124 e. The minimum Gasteiger partial charge on any atom is -0.293 e. The standard InChI is InChI=1S/C12H12ClN3S/c1-17-8-12(16-7-6-14-9-16)15-11-4-2-10(13)3-5-11/h2-7,9H,8H2,1H3. The topological polar surface area (TPSA) is 30.2 Å². The van der Waals surface area contributed by atoms with Crippen molar-refractivity contribution in [2.24, 2.45) is 4.99 Å². The first-order chi connectivity index (χ1) is 8.29. The zero-order valence-corrected chi connectivity index (χ0v) is 10.9. The number of nitrogens with zero attached hydrogens (tertiary/aromatic N) is 3. The summed E-state index contributed by atoms with van der Waals surface area (Å²) in [4.78, 5) is 8.62. The zero-order chi connectivity index (χ0) is 12.1. The number of benzene rings is 1. The summed E-state index contributed by atoms with van der Waals surface area (Å²) in [6.45, 7) is 0. The number of rotatable bonds is 3. The van der Waals surface area contributed by atoms with Crippen molar-refractivity contribution in [1.82, 2.24) is 9.55 Å². The Kier molecular flexibility index (Phi) is 4.23. The van der Waals surface area contributed by atoms with Gasteiger partial charge in [-0.25, -0.2) is 9.98 Å². The maximum absolute atomic E-state index is 5.84. The molecule has 0 aliphatic carbocycles. The van der Waals surface area contributed by atoms with Crippen molar-refractivity contribution in [3.8, 4) is 0 Å². The molecule has 0 bridgehead atoms. The highest BCUT2D eigenvalue weighted by atomic mass is 35.5. The number of imidazole rings is 1. The number of aliphatic imine (C=N–C) groups is 1. The molecule has 0 atom stereocenters. The summed E-state index contributed by atoms with van der Waals surface area (Å²) in [6, 6.07) is 7.48. The number of hydrogen-bond acceptors (Lipinski definition) is 3. The molecule has 2 rings (SSSR count). The summed E-state index contributed by atoms with van der Waals surface area (Å²) in [5, 5.41) is 0.720. The van der Waals surface area contributed by atoms with Crippen molar-refractivity contribution in [2.75, 3.05) is 12.0 Å². The molecule has 0 aliphatic heterocycles. The molecular weight excluding hydrogens is 254 g/mol. The second kappa shape index (κ2) is 5.89. The van der Waals surface area contributed by atoms with E-state index in [1.807, 2.05) is 41.3 Å². The van der Waals surface area contributed by atoms with Crippen LogP contribution in [0.1, 0.15) is 0 Å². The molecule has 0 spiro atoms. The Morgan fingerprint density at radius 1 is 1.41 bits per heavy atom. The summed E-state index contributed by atoms with van der Waals surface area (Å²) >= 11 is 7.57. The van der Waals surface area contributed by atoms with E-state index in [0.29, 0.717) is 0 Å². The maximum Gasteiger partial charge on any atom is 0.124 e. The summed E-state index contributed by atoms with van der Waals surface area (Å²) in [5.41, 5.74) is 0.896. The Balaban J connectivity index is 2.29. The summed E-state index contributed by atoms with van der Waals surface area (Å²) in [5.74, 6) is 1.79. The van der Waals surface area contributed by atoms with E-state index in [1.165, 1.54) is 0 Å². The largest absolute Gasteiger partial charge is 0.293 e. The summed E-state index contributed by atoms with van der Waals surface area (Å²) < 4.78 is 1.92. The predicted octanol–water partition coefficient (Wildman–Crippen LogP) is 3.48. The van der Waals surface area contributed by atoms with Crippen LogP contribution in [0.2, 0.25) is 5.02 Å². The molecule has 1 aromatic carbocycles. The first kappa shape index (κ1) is 12.2. The molecule has 0 N–H and O–H groups in total. The van der Waals surface area contributed by atoms with Gasteiger partial charge in [0.25, 0.3) is 0 Å². The zero-order valence-electron chi connectivity index (χ0n) is 9.38. The molecule has 88 valence electrons. The van der Waals surface area contributed by atoms with Crippen LogP contribution in [-0.4, -0.2) is 27.4 Å². The molecular formula is C12H12ClN3S. The van der Waals surface area contributed by atoms with Crippen LogP contribution >= 0.6 is 23.4 Å². The van der Waals surface area contributed by atoms with Gasteiger partial charge in [-0.05, 0) is 30.5 Å².